The van der Waals surface area contributed by atoms with Crippen LogP contribution >= 0.6 is 0 Å². The maximum absolute atomic E-state index is 11.0. The van der Waals surface area contributed by atoms with Gasteiger partial charge in [0.2, 0.25) is 0 Å². The molecule has 3 nitrogen and oxygen atoms in total. The van der Waals surface area contributed by atoms with Crippen molar-refractivity contribution in [1.29, 1.82) is 0 Å². The van der Waals surface area contributed by atoms with Gasteiger partial charge < -0.3 is 10.0 Å². The fraction of sp³-hybridized carbons (Fsp3) is 0.250. The van der Waals surface area contributed by atoms with Crippen LogP contribution in [-0.4, -0.2) is 17.1 Å². The topological polar surface area (TPSA) is 40.5 Å². The maximum Gasteiger partial charge on any atom is 0.312 e. The number of hydrogen-bond acceptors (Lipinski definition) is 2. The van der Waals surface area contributed by atoms with Crippen LogP contribution in [-0.2, 0) is 11.2 Å². The first kappa shape index (κ1) is 8.53. The van der Waals surface area contributed by atoms with Crippen LogP contribution in [0.4, 0.5) is 5.69 Å². The van der Waals surface area contributed by atoms with Gasteiger partial charge in [0, 0.05) is 11.9 Å². The first-order chi connectivity index (χ1) is 7.27. The minimum Gasteiger partial charge on any atom is -0.481 e. The highest BCUT2D eigenvalue weighted by Crippen LogP contribution is 2.39. The molecule has 0 saturated heterocycles. The molecule has 2 unspecified atom stereocenters. The summed E-state index contributed by atoms with van der Waals surface area (Å²) in [5, 5.41) is 9.06. The number of para-hydroxylation sites is 1. The van der Waals surface area contributed by atoms with E-state index in [1.54, 1.807) is 6.08 Å². The molecule has 76 valence electrons. The summed E-state index contributed by atoms with van der Waals surface area (Å²) in [5.41, 5.74) is 2.40. The zero-order valence-corrected chi connectivity index (χ0v) is 8.13. The molecule has 0 spiro atoms. The van der Waals surface area contributed by atoms with Crippen molar-refractivity contribution in [3.8, 4) is 0 Å². The van der Waals surface area contributed by atoms with E-state index in [4.69, 9.17) is 5.11 Å². The first-order valence-corrected chi connectivity index (χ1v) is 5.05. The molecule has 2 aliphatic rings. The van der Waals surface area contributed by atoms with Gasteiger partial charge in [-0.15, -0.1) is 0 Å². The number of carboxylic acid groups (broad SMARTS) is 1. The van der Waals surface area contributed by atoms with Crippen LogP contribution in [0.5, 0.6) is 0 Å². The molecule has 1 N–H and O–H groups in total. The lowest BCUT2D eigenvalue weighted by Gasteiger charge is -2.19. The third-order valence-electron chi connectivity index (χ3n) is 3.21. The smallest absolute Gasteiger partial charge is 0.312 e. The van der Waals surface area contributed by atoms with E-state index in [9.17, 15) is 4.79 Å². The largest absolute Gasteiger partial charge is 0.481 e. The molecule has 2 aliphatic heterocycles. The summed E-state index contributed by atoms with van der Waals surface area (Å²) in [6.07, 6.45) is 4.51. The van der Waals surface area contributed by atoms with Crippen LogP contribution in [0, 0.1) is 5.92 Å². The number of carboxylic acids is 1. The lowest BCUT2D eigenvalue weighted by Crippen LogP contribution is -2.32. The molecule has 1 aromatic rings. The molecule has 0 fully saturated rings. The van der Waals surface area contributed by atoms with E-state index in [1.165, 1.54) is 5.56 Å². The van der Waals surface area contributed by atoms with Crippen LogP contribution in [0.2, 0.25) is 0 Å². The van der Waals surface area contributed by atoms with E-state index < -0.39 is 5.97 Å². The molecular weight excluding hydrogens is 190 g/mol. The molecule has 3 rings (SSSR count). The minimum atomic E-state index is -0.730. The predicted molar refractivity (Wildman–Crippen MR) is 56.7 cm³/mol. The molecule has 2 heterocycles. The molecule has 0 amide bonds. The van der Waals surface area contributed by atoms with E-state index >= 15 is 0 Å². The van der Waals surface area contributed by atoms with Gasteiger partial charge in [0.1, 0.15) is 0 Å². The zero-order chi connectivity index (χ0) is 10.4. The fourth-order valence-corrected chi connectivity index (χ4v) is 2.49. The Morgan fingerprint density at radius 2 is 2.20 bits per heavy atom. The Bertz CT molecular complexity index is 453. The summed E-state index contributed by atoms with van der Waals surface area (Å²) in [6, 6.07) is 8.19. The number of anilines is 1. The third kappa shape index (κ3) is 1.09. The molecule has 0 radical (unpaired) electrons. The summed E-state index contributed by atoms with van der Waals surface area (Å²) in [7, 11) is 0. The first-order valence-electron chi connectivity index (χ1n) is 5.05. The molecule has 0 aromatic heterocycles. The summed E-state index contributed by atoms with van der Waals surface area (Å²) in [6.45, 7) is 0. The second-order valence-corrected chi connectivity index (χ2v) is 4.01. The summed E-state index contributed by atoms with van der Waals surface area (Å²) < 4.78 is 0. The normalized spacial score (nSPS) is 26.5. The lowest BCUT2D eigenvalue weighted by atomic mass is 9.98. The number of hydrogen-bond donors (Lipinski definition) is 1. The van der Waals surface area contributed by atoms with Crippen molar-refractivity contribution < 1.29 is 9.90 Å². The number of aliphatic carboxylic acids is 1. The van der Waals surface area contributed by atoms with Gasteiger partial charge in [-0.3, -0.25) is 4.79 Å². The number of rotatable bonds is 1. The number of carbonyl (C=O) groups is 1. The molecule has 1 aromatic carbocycles. The Kier molecular flexibility index (Phi) is 1.63. The molecule has 3 heteroatoms. The van der Waals surface area contributed by atoms with Crippen LogP contribution in [0.1, 0.15) is 5.56 Å². The van der Waals surface area contributed by atoms with Gasteiger partial charge in [-0.2, -0.15) is 0 Å². The average Bonchev–Trinajstić information content (AvgIpc) is 2.74. The van der Waals surface area contributed by atoms with Crippen molar-refractivity contribution in [3.05, 3.63) is 42.1 Å². The minimum absolute atomic E-state index is 0.0832. The Morgan fingerprint density at radius 3 is 3.00 bits per heavy atom. The van der Waals surface area contributed by atoms with Gasteiger partial charge in [-0.1, -0.05) is 24.3 Å². The summed E-state index contributed by atoms with van der Waals surface area (Å²) >= 11 is 0. The van der Waals surface area contributed by atoms with Gasteiger partial charge >= 0.3 is 5.97 Å². The van der Waals surface area contributed by atoms with Gasteiger partial charge in [-0.25, -0.2) is 0 Å². The Labute approximate surface area is 87.6 Å². The molecular formula is C12H11NO2. The maximum atomic E-state index is 11.0. The summed E-state index contributed by atoms with van der Waals surface area (Å²) in [4.78, 5) is 13.1. The monoisotopic (exact) mass is 201 g/mol. The van der Waals surface area contributed by atoms with Crippen molar-refractivity contribution in [3.63, 3.8) is 0 Å². The van der Waals surface area contributed by atoms with Gasteiger partial charge in [0.15, 0.2) is 0 Å². The SMILES string of the molecule is O=C(O)C1C=CN2c3ccccc3CC12. The van der Waals surface area contributed by atoms with Crippen LogP contribution < -0.4 is 4.90 Å². The van der Waals surface area contributed by atoms with E-state index in [0.717, 1.165) is 12.1 Å². The number of nitrogens with zero attached hydrogens (tertiary/aromatic N) is 1. The second kappa shape index (κ2) is 2.86. The number of fused-ring (bicyclic) bond motifs is 3. The summed E-state index contributed by atoms with van der Waals surface area (Å²) in [5.74, 6) is -1.09. The fourth-order valence-electron chi connectivity index (χ4n) is 2.49. The standard InChI is InChI=1S/C12H11NO2/c14-12(15)9-5-6-13-10-4-2-1-3-8(10)7-11(9)13/h1-6,9,11H,7H2,(H,14,15). The van der Waals surface area contributed by atoms with Gasteiger partial charge in [0.25, 0.3) is 0 Å². The number of benzene rings is 1. The van der Waals surface area contributed by atoms with Gasteiger partial charge in [-0.05, 0) is 18.1 Å². The van der Waals surface area contributed by atoms with Crippen LogP contribution in [0.3, 0.4) is 0 Å². The van der Waals surface area contributed by atoms with E-state index in [-0.39, 0.29) is 12.0 Å². The predicted octanol–water partition coefficient (Wildman–Crippen LogP) is 1.65. The van der Waals surface area contributed by atoms with Crippen molar-refractivity contribution in [2.45, 2.75) is 12.5 Å². The highest BCUT2D eigenvalue weighted by Gasteiger charge is 2.39. The highest BCUT2D eigenvalue weighted by atomic mass is 16.4. The van der Waals surface area contributed by atoms with E-state index in [1.807, 2.05) is 24.4 Å². The molecule has 15 heavy (non-hydrogen) atoms. The third-order valence-corrected chi connectivity index (χ3v) is 3.21. The van der Waals surface area contributed by atoms with Crippen molar-refractivity contribution >= 4 is 11.7 Å². The van der Waals surface area contributed by atoms with E-state index in [2.05, 4.69) is 11.0 Å². The molecule has 0 saturated carbocycles. The van der Waals surface area contributed by atoms with Crippen LogP contribution in [0.25, 0.3) is 0 Å². The van der Waals surface area contributed by atoms with Crippen molar-refractivity contribution in [1.82, 2.24) is 0 Å². The average molecular weight is 201 g/mol. The second-order valence-electron chi connectivity index (χ2n) is 4.01. The van der Waals surface area contributed by atoms with Gasteiger partial charge in [0.05, 0.1) is 12.0 Å². The highest BCUT2D eigenvalue weighted by molar-refractivity contribution is 5.78. The van der Waals surface area contributed by atoms with Crippen LogP contribution in [0.15, 0.2) is 36.5 Å². The van der Waals surface area contributed by atoms with Crippen molar-refractivity contribution in [2.75, 3.05) is 4.90 Å². The molecule has 2 atom stereocenters. The molecule has 0 aliphatic carbocycles. The lowest BCUT2D eigenvalue weighted by molar-refractivity contribution is -0.140. The van der Waals surface area contributed by atoms with E-state index in [0.29, 0.717) is 0 Å². The Balaban J connectivity index is 2.01. The Hall–Kier alpha value is -1.77. The van der Waals surface area contributed by atoms with Crippen molar-refractivity contribution in [2.24, 2.45) is 5.92 Å². The zero-order valence-electron chi connectivity index (χ0n) is 8.13. The quantitative estimate of drug-likeness (QED) is 0.751. The Morgan fingerprint density at radius 1 is 1.40 bits per heavy atom. The molecule has 0 bridgehead atoms.